The molecule has 6 nitrogen and oxygen atoms in total. The van der Waals surface area contributed by atoms with Crippen LogP contribution in [0.15, 0.2) is 29.2 Å². The third kappa shape index (κ3) is 4.83. The van der Waals surface area contributed by atoms with Crippen molar-refractivity contribution in [3.8, 4) is 0 Å². The Morgan fingerprint density at radius 2 is 1.74 bits per heavy atom. The molecule has 0 radical (unpaired) electrons. The first-order chi connectivity index (χ1) is 12.9. The van der Waals surface area contributed by atoms with Gasteiger partial charge in [0.1, 0.15) is 4.90 Å². The molecule has 3 rings (SSSR count). The quantitative estimate of drug-likeness (QED) is 0.743. The van der Waals surface area contributed by atoms with Gasteiger partial charge in [-0.05, 0) is 25.0 Å². The fourth-order valence-electron chi connectivity index (χ4n) is 3.90. The van der Waals surface area contributed by atoms with Gasteiger partial charge in [0.2, 0.25) is 15.9 Å². The molecule has 1 heterocycles. The second-order valence-electron chi connectivity index (χ2n) is 7.41. The van der Waals surface area contributed by atoms with E-state index in [1.54, 1.807) is 18.2 Å². The zero-order valence-corrected chi connectivity index (χ0v) is 17.4. The van der Waals surface area contributed by atoms with E-state index < -0.39 is 10.0 Å². The van der Waals surface area contributed by atoms with Gasteiger partial charge in [-0.3, -0.25) is 9.69 Å². The summed E-state index contributed by atoms with van der Waals surface area (Å²) >= 11 is 6.07. The average molecular weight is 414 g/mol. The number of nitrogens with zero attached hydrogens (tertiary/aromatic N) is 3. The second kappa shape index (κ2) is 8.90. The molecule has 27 heavy (non-hydrogen) atoms. The molecular weight excluding hydrogens is 386 g/mol. The van der Waals surface area contributed by atoms with Gasteiger partial charge >= 0.3 is 0 Å². The predicted molar refractivity (Wildman–Crippen MR) is 106 cm³/mol. The second-order valence-corrected chi connectivity index (χ2v) is 9.72. The Labute approximate surface area is 167 Å². The molecule has 2 fully saturated rings. The van der Waals surface area contributed by atoms with E-state index in [2.05, 4.69) is 0 Å². The maximum atomic E-state index is 12.8. The summed E-state index contributed by atoms with van der Waals surface area (Å²) in [5.41, 5.74) is 0. The molecule has 0 aromatic heterocycles. The maximum Gasteiger partial charge on any atom is 0.244 e. The molecule has 1 aromatic carbocycles. The number of hydrogen-bond donors (Lipinski definition) is 0. The number of amides is 1. The van der Waals surface area contributed by atoms with Gasteiger partial charge in [0.25, 0.3) is 0 Å². The fraction of sp³-hybridized carbons (Fsp3) is 0.632. The molecule has 1 aromatic rings. The Kier molecular flexibility index (Phi) is 6.78. The molecule has 1 amide bonds. The van der Waals surface area contributed by atoms with E-state index in [4.69, 9.17) is 11.6 Å². The van der Waals surface area contributed by atoms with Crippen molar-refractivity contribution in [2.45, 2.75) is 43.0 Å². The van der Waals surface area contributed by atoms with Crippen LogP contribution >= 0.6 is 11.6 Å². The van der Waals surface area contributed by atoms with E-state index in [9.17, 15) is 13.2 Å². The molecule has 1 aliphatic heterocycles. The first-order valence-electron chi connectivity index (χ1n) is 9.62. The summed E-state index contributed by atoms with van der Waals surface area (Å²) in [4.78, 5) is 16.7. The highest BCUT2D eigenvalue weighted by Gasteiger charge is 2.31. The van der Waals surface area contributed by atoms with Gasteiger partial charge in [-0.25, -0.2) is 8.42 Å². The van der Waals surface area contributed by atoms with Crippen molar-refractivity contribution in [2.24, 2.45) is 0 Å². The topological polar surface area (TPSA) is 60.9 Å². The fourth-order valence-corrected chi connectivity index (χ4v) is 5.81. The minimum atomic E-state index is -3.60. The Hall–Kier alpha value is -1.15. The predicted octanol–water partition coefficient (Wildman–Crippen LogP) is 2.44. The van der Waals surface area contributed by atoms with Crippen LogP contribution in [0, 0.1) is 0 Å². The van der Waals surface area contributed by atoms with E-state index in [1.165, 1.54) is 29.6 Å². The molecule has 0 unspecified atom stereocenters. The molecule has 1 saturated heterocycles. The van der Waals surface area contributed by atoms with Crippen LogP contribution in [0.1, 0.15) is 32.1 Å². The number of carbonyl (C=O) groups excluding carboxylic acids is 1. The SMILES string of the molecule is CN(C(=O)CN1CCN(S(=O)(=O)c2ccccc2Cl)CC1)C1CCCCC1. The Balaban J connectivity index is 1.54. The van der Waals surface area contributed by atoms with Gasteiger partial charge in [0, 0.05) is 39.3 Å². The third-order valence-electron chi connectivity index (χ3n) is 5.66. The summed E-state index contributed by atoms with van der Waals surface area (Å²) in [6, 6.07) is 6.87. The van der Waals surface area contributed by atoms with E-state index in [0.29, 0.717) is 38.8 Å². The first-order valence-corrected chi connectivity index (χ1v) is 11.4. The number of rotatable bonds is 5. The molecule has 1 aliphatic carbocycles. The normalized spacial score (nSPS) is 20.5. The molecule has 150 valence electrons. The van der Waals surface area contributed by atoms with Gasteiger partial charge in [0.15, 0.2) is 0 Å². The van der Waals surface area contributed by atoms with Crippen LogP contribution < -0.4 is 0 Å². The van der Waals surface area contributed by atoms with Crippen LogP contribution in [0.5, 0.6) is 0 Å². The van der Waals surface area contributed by atoms with E-state index in [0.717, 1.165) is 12.8 Å². The van der Waals surface area contributed by atoms with E-state index >= 15 is 0 Å². The zero-order chi connectivity index (χ0) is 19.4. The highest BCUT2D eigenvalue weighted by atomic mass is 35.5. The van der Waals surface area contributed by atoms with Crippen LogP contribution in [0.25, 0.3) is 0 Å². The van der Waals surface area contributed by atoms with Gasteiger partial charge in [-0.1, -0.05) is 43.0 Å². The molecule has 0 bridgehead atoms. The summed E-state index contributed by atoms with van der Waals surface area (Å²) in [5.74, 6) is 0.129. The van der Waals surface area contributed by atoms with Crippen molar-refractivity contribution >= 4 is 27.5 Å². The average Bonchev–Trinajstić information content (AvgIpc) is 2.68. The van der Waals surface area contributed by atoms with Crippen LogP contribution in [-0.4, -0.2) is 74.2 Å². The first kappa shape index (κ1) is 20.6. The van der Waals surface area contributed by atoms with Gasteiger partial charge in [0.05, 0.1) is 11.6 Å². The Bertz CT molecular complexity index is 757. The van der Waals surface area contributed by atoms with Gasteiger partial charge in [-0.15, -0.1) is 0 Å². The van der Waals surface area contributed by atoms with Crippen molar-refractivity contribution in [3.63, 3.8) is 0 Å². The minimum absolute atomic E-state index is 0.129. The summed E-state index contributed by atoms with van der Waals surface area (Å²) < 4.78 is 27.1. The highest BCUT2D eigenvalue weighted by molar-refractivity contribution is 7.89. The van der Waals surface area contributed by atoms with Crippen molar-refractivity contribution in [3.05, 3.63) is 29.3 Å². The molecule has 2 aliphatic rings. The Morgan fingerprint density at radius 3 is 2.37 bits per heavy atom. The zero-order valence-electron chi connectivity index (χ0n) is 15.8. The molecule has 0 spiro atoms. The van der Waals surface area contributed by atoms with E-state index in [1.807, 2.05) is 16.8 Å². The standard InChI is InChI=1S/C19H28ClN3O3S/c1-21(16-7-3-2-4-8-16)19(24)15-22-11-13-23(14-12-22)27(25,26)18-10-6-5-9-17(18)20/h5-6,9-10,16H,2-4,7-8,11-15H2,1H3. The molecular formula is C19H28ClN3O3S. The lowest BCUT2D eigenvalue weighted by molar-refractivity contribution is -0.134. The summed E-state index contributed by atoms with van der Waals surface area (Å²) in [5, 5.41) is 0.240. The Morgan fingerprint density at radius 1 is 1.11 bits per heavy atom. The number of sulfonamides is 1. The van der Waals surface area contributed by atoms with Gasteiger partial charge < -0.3 is 4.90 Å². The number of benzene rings is 1. The largest absolute Gasteiger partial charge is 0.342 e. The maximum absolute atomic E-state index is 12.8. The van der Waals surface area contributed by atoms with Crippen molar-refractivity contribution in [2.75, 3.05) is 39.8 Å². The molecule has 0 N–H and O–H groups in total. The molecule has 1 saturated carbocycles. The highest BCUT2D eigenvalue weighted by Crippen LogP contribution is 2.25. The number of likely N-dealkylation sites (N-methyl/N-ethyl adjacent to an activating group) is 1. The van der Waals surface area contributed by atoms with Crippen molar-refractivity contribution in [1.82, 2.24) is 14.1 Å². The minimum Gasteiger partial charge on any atom is -0.342 e. The smallest absolute Gasteiger partial charge is 0.244 e. The lowest BCUT2D eigenvalue weighted by Crippen LogP contribution is -2.52. The van der Waals surface area contributed by atoms with Gasteiger partial charge in [-0.2, -0.15) is 4.31 Å². The van der Waals surface area contributed by atoms with Crippen LogP contribution in [-0.2, 0) is 14.8 Å². The number of halogens is 1. The van der Waals surface area contributed by atoms with Crippen molar-refractivity contribution in [1.29, 1.82) is 0 Å². The van der Waals surface area contributed by atoms with Crippen LogP contribution in [0.2, 0.25) is 5.02 Å². The number of piperazine rings is 1. The van der Waals surface area contributed by atoms with E-state index in [-0.39, 0.29) is 15.8 Å². The van der Waals surface area contributed by atoms with Crippen molar-refractivity contribution < 1.29 is 13.2 Å². The summed E-state index contributed by atoms with van der Waals surface area (Å²) in [6.07, 6.45) is 5.83. The lowest BCUT2D eigenvalue weighted by Gasteiger charge is -2.36. The monoisotopic (exact) mass is 413 g/mol. The lowest BCUT2D eigenvalue weighted by atomic mass is 9.94. The summed E-state index contributed by atoms with van der Waals surface area (Å²) in [7, 11) is -1.70. The van der Waals surface area contributed by atoms with Crippen LogP contribution in [0.3, 0.4) is 0 Å². The number of carbonyl (C=O) groups is 1. The van der Waals surface area contributed by atoms with Crippen LogP contribution in [0.4, 0.5) is 0 Å². The third-order valence-corrected chi connectivity index (χ3v) is 8.06. The summed E-state index contributed by atoms with van der Waals surface area (Å²) in [6.45, 7) is 2.19. The molecule has 8 heteroatoms. The molecule has 0 atom stereocenters. The number of hydrogen-bond acceptors (Lipinski definition) is 4.